The van der Waals surface area contributed by atoms with Crippen LogP contribution in [-0.2, 0) is 20.9 Å². The van der Waals surface area contributed by atoms with E-state index in [-0.39, 0.29) is 24.0 Å². The minimum absolute atomic E-state index is 0.0385. The van der Waals surface area contributed by atoms with Gasteiger partial charge in [0, 0.05) is 18.9 Å². The lowest BCUT2D eigenvalue weighted by atomic mass is 9.94. The number of aliphatic hydroxyl groups is 1. The van der Waals surface area contributed by atoms with Gasteiger partial charge in [-0.15, -0.1) is 0 Å². The summed E-state index contributed by atoms with van der Waals surface area (Å²) in [6.07, 6.45) is 2.92. The van der Waals surface area contributed by atoms with Gasteiger partial charge in [0.2, 0.25) is 0 Å². The van der Waals surface area contributed by atoms with E-state index in [0.717, 1.165) is 11.1 Å². The second kappa shape index (κ2) is 10.9. The first-order valence-electron chi connectivity index (χ1n) is 12.3. The van der Waals surface area contributed by atoms with Gasteiger partial charge in [-0.3, -0.25) is 14.6 Å². The predicted octanol–water partition coefficient (Wildman–Crippen LogP) is 4.89. The number of ether oxygens (including phenoxy) is 2. The molecular weight excluding hydrogens is 484 g/mol. The molecule has 1 amide bonds. The van der Waals surface area contributed by atoms with Gasteiger partial charge in [0.15, 0.2) is 0 Å². The van der Waals surface area contributed by atoms with Crippen molar-refractivity contribution in [3.63, 3.8) is 0 Å². The molecule has 3 aromatic rings. The van der Waals surface area contributed by atoms with Crippen LogP contribution in [0.25, 0.3) is 5.76 Å². The van der Waals surface area contributed by atoms with Crippen LogP contribution < -0.4 is 4.74 Å². The second-order valence-electron chi connectivity index (χ2n) is 9.53. The lowest BCUT2D eigenvalue weighted by Gasteiger charge is -2.25. The normalized spacial score (nSPS) is 16.7. The number of Topliss-reactive ketones (excluding diaryl/α,β-unsaturated/α-hetero) is 1. The summed E-state index contributed by atoms with van der Waals surface area (Å²) in [6.45, 7) is 7.34. The zero-order chi connectivity index (χ0) is 27.6. The van der Waals surface area contributed by atoms with Crippen molar-refractivity contribution < 1.29 is 29.0 Å². The number of ketones is 1. The molecule has 0 spiro atoms. The van der Waals surface area contributed by atoms with Crippen LogP contribution in [0, 0.1) is 13.8 Å². The van der Waals surface area contributed by atoms with E-state index in [4.69, 9.17) is 9.47 Å². The molecule has 196 valence electrons. The molecule has 0 aliphatic carbocycles. The monoisotopic (exact) mass is 514 g/mol. The lowest BCUT2D eigenvalue weighted by molar-refractivity contribution is -0.140. The molecule has 8 heteroatoms. The third kappa shape index (κ3) is 5.16. The van der Waals surface area contributed by atoms with Crippen molar-refractivity contribution in [3.05, 3.63) is 99.9 Å². The number of hydrogen-bond donors (Lipinski definition) is 1. The Kier molecular flexibility index (Phi) is 7.62. The molecule has 1 saturated heterocycles. The minimum atomic E-state index is -0.875. The fraction of sp³-hybridized carbons (Fsp3) is 0.267. The standard InChI is InChI=1S/C30H30N2O6/c1-17(2)38-30(36)21-10-8-20(9-11-21)16-32-25(22-7-6-12-31-15-22)24(27(34)29(32)35)26(33)23-14-18(3)13-19(4)28(23)37-5/h6-15,17,25,33H,16H2,1-5H3/b26-24+. The van der Waals surface area contributed by atoms with Crippen molar-refractivity contribution in [2.75, 3.05) is 7.11 Å². The van der Waals surface area contributed by atoms with Crippen LogP contribution in [0.4, 0.5) is 0 Å². The Hall–Kier alpha value is -4.46. The molecule has 4 rings (SSSR count). The number of aromatic nitrogens is 1. The lowest BCUT2D eigenvalue weighted by Crippen LogP contribution is -2.29. The van der Waals surface area contributed by atoms with Gasteiger partial charge in [0.25, 0.3) is 11.7 Å². The van der Waals surface area contributed by atoms with Crippen LogP contribution in [0.3, 0.4) is 0 Å². The summed E-state index contributed by atoms with van der Waals surface area (Å²) >= 11 is 0. The minimum Gasteiger partial charge on any atom is -0.507 e. The number of rotatable bonds is 7. The number of benzene rings is 2. The average Bonchev–Trinajstić information content (AvgIpc) is 3.13. The molecule has 1 aliphatic heterocycles. The number of esters is 1. The number of methoxy groups -OCH3 is 1. The van der Waals surface area contributed by atoms with Crippen molar-refractivity contribution in [1.29, 1.82) is 0 Å². The van der Waals surface area contributed by atoms with Gasteiger partial charge < -0.3 is 19.5 Å². The number of aryl methyl sites for hydroxylation is 2. The highest BCUT2D eigenvalue weighted by atomic mass is 16.5. The van der Waals surface area contributed by atoms with Crippen LogP contribution in [-0.4, -0.2) is 45.9 Å². The maximum atomic E-state index is 13.4. The largest absolute Gasteiger partial charge is 0.507 e. The fourth-order valence-corrected chi connectivity index (χ4v) is 4.70. The van der Waals surface area contributed by atoms with E-state index in [2.05, 4.69) is 4.98 Å². The SMILES string of the molecule is COc1c(C)cc(C)cc1/C(O)=C1\C(=O)C(=O)N(Cc2ccc(C(=O)OC(C)C)cc2)C1c1cccnc1. The van der Waals surface area contributed by atoms with E-state index in [1.807, 2.05) is 19.9 Å². The van der Waals surface area contributed by atoms with E-state index in [0.29, 0.717) is 28.0 Å². The Morgan fingerprint density at radius 1 is 1.11 bits per heavy atom. The zero-order valence-electron chi connectivity index (χ0n) is 22.0. The van der Waals surface area contributed by atoms with Gasteiger partial charge in [0.1, 0.15) is 11.5 Å². The first-order valence-corrected chi connectivity index (χ1v) is 12.3. The number of carbonyl (C=O) groups excluding carboxylic acids is 3. The highest BCUT2D eigenvalue weighted by Crippen LogP contribution is 2.42. The first-order chi connectivity index (χ1) is 18.1. The number of pyridine rings is 1. The van der Waals surface area contributed by atoms with Gasteiger partial charge in [-0.1, -0.05) is 24.3 Å². The van der Waals surface area contributed by atoms with Crippen molar-refractivity contribution >= 4 is 23.4 Å². The molecule has 1 N–H and O–H groups in total. The van der Waals surface area contributed by atoms with Gasteiger partial charge in [-0.05, 0) is 74.2 Å². The van der Waals surface area contributed by atoms with E-state index in [9.17, 15) is 19.5 Å². The molecule has 38 heavy (non-hydrogen) atoms. The Morgan fingerprint density at radius 3 is 2.42 bits per heavy atom. The van der Waals surface area contributed by atoms with Crippen molar-refractivity contribution in [2.24, 2.45) is 0 Å². The van der Waals surface area contributed by atoms with Gasteiger partial charge in [0.05, 0.1) is 36.0 Å². The smallest absolute Gasteiger partial charge is 0.338 e. The van der Waals surface area contributed by atoms with E-state index < -0.39 is 23.7 Å². The number of amides is 1. The first kappa shape index (κ1) is 26.6. The Labute approximate surface area is 221 Å². The maximum absolute atomic E-state index is 13.4. The van der Waals surface area contributed by atoms with Gasteiger partial charge in [-0.2, -0.15) is 0 Å². The summed E-state index contributed by atoms with van der Waals surface area (Å²) in [6, 6.07) is 12.9. The molecule has 2 aromatic carbocycles. The van der Waals surface area contributed by atoms with Crippen LogP contribution >= 0.6 is 0 Å². The summed E-state index contributed by atoms with van der Waals surface area (Å²) in [5.74, 6) is -1.87. The number of carbonyl (C=O) groups is 3. The zero-order valence-corrected chi connectivity index (χ0v) is 22.0. The maximum Gasteiger partial charge on any atom is 0.338 e. The third-order valence-electron chi connectivity index (χ3n) is 6.30. The summed E-state index contributed by atoms with van der Waals surface area (Å²) in [4.78, 5) is 44.5. The third-order valence-corrected chi connectivity index (χ3v) is 6.30. The fourth-order valence-electron chi connectivity index (χ4n) is 4.70. The Morgan fingerprint density at radius 2 is 1.82 bits per heavy atom. The summed E-state index contributed by atoms with van der Waals surface area (Å²) in [5.41, 5.74) is 3.62. The van der Waals surface area contributed by atoms with Crippen LogP contribution in [0.15, 0.2) is 66.5 Å². The van der Waals surface area contributed by atoms with E-state index >= 15 is 0 Å². The molecule has 2 heterocycles. The molecule has 1 aromatic heterocycles. The molecule has 1 fully saturated rings. The Bertz CT molecular complexity index is 1410. The van der Waals surface area contributed by atoms with Crippen LogP contribution in [0.2, 0.25) is 0 Å². The number of hydrogen-bond acceptors (Lipinski definition) is 7. The summed E-state index contributed by atoms with van der Waals surface area (Å²) in [5, 5.41) is 11.5. The molecule has 0 saturated carbocycles. The topological polar surface area (TPSA) is 106 Å². The van der Waals surface area contributed by atoms with Crippen molar-refractivity contribution in [2.45, 2.75) is 46.4 Å². The van der Waals surface area contributed by atoms with Crippen molar-refractivity contribution in [1.82, 2.24) is 9.88 Å². The molecular formula is C30H30N2O6. The summed E-state index contributed by atoms with van der Waals surface area (Å²) in [7, 11) is 1.49. The quantitative estimate of drug-likeness (QED) is 0.207. The number of nitrogens with zero attached hydrogens (tertiary/aromatic N) is 2. The Balaban J connectivity index is 1.79. The number of aliphatic hydroxyl groups excluding tert-OH is 1. The molecule has 8 nitrogen and oxygen atoms in total. The molecule has 0 radical (unpaired) electrons. The van der Waals surface area contributed by atoms with Gasteiger partial charge >= 0.3 is 5.97 Å². The van der Waals surface area contributed by atoms with E-state index in [1.165, 1.54) is 12.0 Å². The second-order valence-corrected chi connectivity index (χ2v) is 9.53. The molecule has 1 atom stereocenters. The highest BCUT2D eigenvalue weighted by molar-refractivity contribution is 6.46. The summed E-state index contributed by atoms with van der Waals surface area (Å²) < 4.78 is 10.8. The molecule has 1 aliphatic rings. The van der Waals surface area contributed by atoms with E-state index in [1.54, 1.807) is 68.7 Å². The molecule has 1 unspecified atom stereocenters. The predicted molar refractivity (Wildman–Crippen MR) is 142 cm³/mol. The van der Waals surface area contributed by atoms with Crippen LogP contribution in [0.5, 0.6) is 5.75 Å². The van der Waals surface area contributed by atoms with Gasteiger partial charge in [-0.25, -0.2) is 4.79 Å². The molecule has 0 bridgehead atoms. The highest BCUT2D eigenvalue weighted by Gasteiger charge is 2.46. The number of likely N-dealkylation sites (tertiary alicyclic amines) is 1. The van der Waals surface area contributed by atoms with Crippen molar-refractivity contribution in [3.8, 4) is 5.75 Å². The van der Waals surface area contributed by atoms with Crippen LogP contribution in [0.1, 0.15) is 58.1 Å². The average molecular weight is 515 g/mol.